The average molecular weight is 586 g/mol. The minimum Gasteiger partial charge on any atom is -0.488 e. The summed E-state index contributed by atoms with van der Waals surface area (Å²) in [5, 5.41) is 15.0. The number of nitrogens with one attached hydrogen (secondary N) is 2. The van der Waals surface area contributed by atoms with Crippen LogP contribution in [0, 0.1) is 5.92 Å². The summed E-state index contributed by atoms with van der Waals surface area (Å²) in [7, 11) is 1.98. The van der Waals surface area contributed by atoms with Gasteiger partial charge in [0.25, 0.3) is 5.91 Å². The van der Waals surface area contributed by atoms with Gasteiger partial charge >= 0.3 is 12.2 Å². The maximum Gasteiger partial charge on any atom is 0.416 e. The van der Waals surface area contributed by atoms with E-state index in [1.807, 2.05) is 26.1 Å². The maximum atomic E-state index is 13.6. The Bertz CT molecular complexity index is 1370. The molecule has 0 saturated carbocycles. The van der Waals surface area contributed by atoms with Gasteiger partial charge in [-0.2, -0.15) is 13.2 Å². The molecule has 3 aromatic rings. The van der Waals surface area contributed by atoms with Gasteiger partial charge in [0, 0.05) is 49.3 Å². The number of pyridine rings is 1. The van der Waals surface area contributed by atoms with E-state index in [0.717, 1.165) is 29.8 Å². The highest BCUT2D eigenvalue weighted by Gasteiger charge is 2.34. The quantitative estimate of drug-likeness (QED) is 0.340. The summed E-state index contributed by atoms with van der Waals surface area (Å²) in [5.74, 6) is -0.0743. The van der Waals surface area contributed by atoms with Crippen molar-refractivity contribution in [2.75, 3.05) is 37.4 Å². The van der Waals surface area contributed by atoms with Crippen LogP contribution in [-0.4, -0.2) is 70.7 Å². The predicted octanol–water partition coefficient (Wildman–Crippen LogP) is 5.10. The van der Waals surface area contributed by atoms with Crippen LogP contribution in [0.15, 0.2) is 67.0 Å². The Hall–Kier alpha value is -4.16. The van der Waals surface area contributed by atoms with Gasteiger partial charge in [0.2, 0.25) is 0 Å². The first-order valence-corrected chi connectivity index (χ1v) is 13.5. The summed E-state index contributed by atoms with van der Waals surface area (Å²) in [5.41, 5.74) is 0.943. The van der Waals surface area contributed by atoms with Crippen LogP contribution < -0.4 is 15.4 Å². The van der Waals surface area contributed by atoms with Crippen molar-refractivity contribution >= 4 is 23.3 Å². The van der Waals surface area contributed by atoms with Gasteiger partial charge in [-0.05, 0) is 74.1 Å². The van der Waals surface area contributed by atoms with Crippen LogP contribution in [0.5, 0.6) is 5.75 Å². The summed E-state index contributed by atoms with van der Waals surface area (Å²) in [4.78, 5) is 34.0. The molecule has 1 aliphatic rings. The molecule has 3 amide bonds. The molecule has 224 valence electrons. The summed E-state index contributed by atoms with van der Waals surface area (Å²) < 4.78 is 44.9. The number of aliphatic hydroxyl groups is 1. The van der Waals surface area contributed by atoms with E-state index >= 15 is 0 Å². The number of carbonyl (C=O) groups excluding carboxylic acids is 2. The lowest BCUT2D eigenvalue weighted by Gasteiger charge is -2.38. The number of aliphatic hydroxyl groups excluding tert-OH is 1. The first-order valence-electron chi connectivity index (χ1n) is 13.5. The summed E-state index contributed by atoms with van der Waals surface area (Å²) in [6.07, 6.45) is -1.30. The second-order valence-electron chi connectivity index (χ2n) is 10.5. The van der Waals surface area contributed by atoms with Crippen molar-refractivity contribution in [2.45, 2.75) is 38.7 Å². The molecule has 0 bridgehead atoms. The normalized spacial score (nSPS) is 18.0. The molecule has 0 spiro atoms. The fourth-order valence-electron chi connectivity index (χ4n) is 4.73. The third-order valence-corrected chi connectivity index (χ3v) is 7.09. The lowest BCUT2D eigenvalue weighted by atomic mass is 9.99. The Morgan fingerprint density at radius 2 is 1.76 bits per heavy atom. The summed E-state index contributed by atoms with van der Waals surface area (Å²) >= 11 is 0. The van der Waals surface area contributed by atoms with Crippen molar-refractivity contribution in [1.82, 2.24) is 14.8 Å². The van der Waals surface area contributed by atoms with Gasteiger partial charge in [-0.15, -0.1) is 0 Å². The monoisotopic (exact) mass is 585 g/mol. The predicted molar refractivity (Wildman–Crippen MR) is 152 cm³/mol. The number of ether oxygens (including phenoxy) is 1. The van der Waals surface area contributed by atoms with Crippen LogP contribution in [0.4, 0.5) is 29.3 Å². The third-order valence-electron chi connectivity index (χ3n) is 7.09. The van der Waals surface area contributed by atoms with E-state index in [-0.39, 0.29) is 41.5 Å². The van der Waals surface area contributed by atoms with Crippen LogP contribution in [0.3, 0.4) is 0 Å². The molecule has 0 fully saturated rings. The number of carbonyl (C=O) groups is 2. The second-order valence-corrected chi connectivity index (χ2v) is 10.5. The number of hydrogen-bond acceptors (Lipinski definition) is 6. The number of anilines is 2. The molecule has 3 atom stereocenters. The molecule has 0 radical (unpaired) electrons. The van der Waals surface area contributed by atoms with E-state index in [4.69, 9.17) is 4.74 Å². The van der Waals surface area contributed by atoms with Gasteiger partial charge in [-0.1, -0.05) is 6.92 Å². The van der Waals surface area contributed by atoms with Crippen molar-refractivity contribution in [3.05, 3.63) is 83.7 Å². The van der Waals surface area contributed by atoms with Gasteiger partial charge in [0.05, 0.1) is 23.8 Å². The van der Waals surface area contributed by atoms with Crippen LogP contribution in [0.25, 0.3) is 0 Å². The lowest BCUT2D eigenvalue weighted by Crippen LogP contribution is -2.49. The standard InChI is InChI=1S/C30H34F3N5O4/c1-19-15-38(20(2)18-39)28(40)25-14-24(36-29(41)35-23-6-4-22(5-7-23)30(31,32)33)8-9-26(25)42-27(19)17-37(3)16-21-10-12-34-13-11-21/h4-14,19-20,27,39H,15-18H2,1-3H3,(H2,35,36,41)/t19-,20+,27-/m0/s1. The van der Waals surface area contributed by atoms with Crippen LogP contribution >= 0.6 is 0 Å². The average Bonchev–Trinajstić information content (AvgIpc) is 2.95. The summed E-state index contributed by atoms with van der Waals surface area (Å²) in [6.45, 7) is 5.12. The number of hydrogen-bond donors (Lipinski definition) is 3. The lowest BCUT2D eigenvalue weighted by molar-refractivity contribution is -0.137. The third kappa shape index (κ3) is 7.77. The van der Waals surface area contributed by atoms with E-state index in [1.165, 1.54) is 6.07 Å². The zero-order valence-corrected chi connectivity index (χ0v) is 23.6. The zero-order chi connectivity index (χ0) is 30.4. The number of alkyl halides is 3. The van der Waals surface area contributed by atoms with Crippen molar-refractivity contribution in [2.24, 2.45) is 5.92 Å². The Morgan fingerprint density at radius 1 is 1.12 bits per heavy atom. The van der Waals surface area contributed by atoms with Crippen LogP contribution in [0.1, 0.15) is 35.3 Å². The molecular weight excluding hydrogens is 551 g/mol. The van der Waals surface area contributed by atoms with E-state index < -0.39 is 23.8 Å². The molecule has 2 heterocycles. The molecule has 1 aromatic heterocycles. The maximum absolute atomic E-state index is 13.6. The molecule has 0 aliphatic carbocycles. The number of amides is 3. The molecule has 4 rings (SSSR count). The number of aromatic nitrogens is 1. The van der Waals surface area contributed by atoms with Gasteiger partial charge in [0.1, 0.15) is 11.9 Å². The number of urea groups is 1. The molecular formula is C30H34F3N5O4. The van der Waals surface area contributed by atoms with Crippen molar-refractivity contribution in [3.63, 3.8) is 0 Å². The van der Waals surface area contributed by atoms with Crippen molar-refractivity contribution in [1.29, 1.82) is 0 Å². The highest BCUT2D eigenvalue weighted by atomic mass is 19.4. The van der Waals surface area contributed by atoms with E-state index in [9.17, 15) is 27.9 Å². The van der Waals surface area contributed by atoms with Gasteiger partial charge in [0.15, 0.2) is 0 Å². The molecule has 1 aliphatic heterocycles. The molecule has 42 heavy (non-hydrogen) atoms. The number of rotatable bonds is 8. The highest BCUT2D eigenvalue weighted by Crippen LogP contribution is 2.32. The minimum absolute atomic E-state index is 0.0664. The smallest absolute Gasteiger partial charge is 0.416 e. The Labute approximate surface area is 242 Å². The fraction of sp³-hybridized carbons (Fsp3) is 0.367. The molecule has 0 unspecified atom stereocenters. The van der Waals surface area contributed by atoms with E-state index in [0.29, 0.717) is 25.4 Å². The minimum atomic E-state index is -4.48. The first-order chi connectivity index (χ1) is 19.9. The van der Waals surface area contributed by atoms with Gasteiger partial charge in [-0.3, -0.25) is 14.7 Å². The number of halogens is 3. The topological polar surface area (TPSA) is 107 Å². The largest absolute Gasteiger partial charge is 0.488 e. The van der Waals surface area contributed by atoms with Crippen molar-refractivity contribution in [3.8, 4) is 5.75 Å². The fourth-order valence-corrected chi connectivity index (χ4v) is 4.73. The number of benzene rings is 2. The highest BCUT2D eigenvalue weighted by molar-refractivity contribution is 6.02. The molecule has 9 nitrogen and oxygen atoms in total. The van der Waals surface area contributed by atoms with Crippen molar-refractivity contribution < 1.29 is 32.6 Å². The van der Waals surface area contributed by atoms with E-state index in [2.05, 4.69) is 20.5 Å². The van der Waals surface area contributed by atoms with Gasteiger partial charge in [-0.25, -0.2) is 4.79 Å². The molecule has 0 saturated heterocycles. The first kappa shape index (κ1) is 30.8. The summed E-state index contributed by atoms with van der Waals surface area (Å²) in [6, 6.07) is 11.5. The molecule has 2 aromatic carbocycles. The van der Waals surface area contributed by atoms with E-state index in [1.54, 1.807) is 36.4 Å². The Balaban J connectivity index is 1.53. The Kier molecular flexibility index (Phi) is 9.69. The Morgan fingerprint density at radius 3 is 2.40 bits per heavy atom. The SMILES string of the molecule is C[C@H](CO)N1C[C@H](C)[C@H](CN(C)Cc2ccncc2)Oc2ccc(NC(=O)Nc3ccc(C(F)(F)F)cc3)cc2C1=O. The number of likely N-dealkylation sites (N-methyl/N-ethyl adjacent to an activating group) is 1. The van der Waals surface area contributed by atoms with Crippen LogP contribution in [-0.2, 0) is 12.7 Å². The molecule has 3 N–H and O–H groups in total. The zero-order valence-electron chi connectivity index (χ0n) is 23.6. The van der Waals surface area contributed by atoms with Gasteiger partial charge < -0.3 is 25.4 Å². The number of nitrogens with zero attached hydrogens (tertiary/aromatic N) is 3. The van der Waals surface area contributed by atoms with Crippen LogP contribution in [0.2, 0.25) is 0 Å². The number of fused-ring (bicyclic) bond motifs is 1. The molecule has 12 heteroatoms. The second kappa shape index (κ2) is 13.2.